The molecular formula is C17H24N2O. The van der Waals surface area contributed by atoms with Crippen molar-refractivity contribution in [1.29, 1.82) is 0 Å². The smallest absolute Gasteiger partial charge is 0.134 e. The number of para-hydroxylation sites is 1. The Morgan fingerprint density at radius 2 is 1.90 bits per heavy atom. The Balaban J connectivity index is 1.75. The second-order valence-corrected chi connectivity index (χ2v) is 6.09. The topological polar surface area (TPSA) is 51.2 Å². The summed E-state index contributed by atoms with van der Waals surface area (Å²) in [4.78, 5) is 0. The van der Waals surface area contributed by atoms with Crippen LogP contribution in [0.2, 0.25) is 0 Å². The first-order chi connectivity index (χ1) is 9.65. The minimum absolute atomic E-state index is 0.252. The predicted octanol–water partition coefficient (Wildman–Crippen LogP) is 3.66. The molecule has 1 unspecified atom stereocenters. The summed E-state index contributed by atoms with van der Waals surface area (Å²) in [5, 5.41) is 4.93. The number of fused-ring (bicyclic) bond motifs is 1. The maximum atomic E-state index is 6.04. The number of furan rings is 1. The number of hydrogen-bond acceptors (Lipinski definition) is 3. The molecule has 0 aliphatic heterocycles. The fraction of sp³-hybridized carbons (Fsp3) is 0.529. The van der Waals surface area contributed by atoms with E-state index in [0.29, 0.717) is 12.1 Å². The van der Waals surface area contributed by atoms with Crippen molar-refractivity contribution in [3.8, 4) is 0 Å². The molecule has 3 heteroatoms. The van der Waals surface area contributed by atoms with Crippen molar-refractivity contribution in [3.63, 3.8) is 0 Å². The van der Waals surface area contributed by atoms with Gasteiger partial charge in [-0.2, -0.15) is 0 Å². The predicted molar refractivity (Wildman–Crippen MR) is 82.7 cm³/mol. The molecule has 1 saturated carbocycles. The van der Waals surface area contributed by atoms with Crippen molar-refractivity contribution in [2.45, 2.75) is 57.7 Å². The van der Waals surface area contributed by atoms with Crippen LogP contribution < -0.4 is 11.1 Å². The van der Waals surface area contributed by atoms with Crippen molar-refractivity contribution >= 4 is 11.0 Å². The van der Waals surface area contributed by atoms with Crippen molar-refractivity contribution in [3.05, 3.63) is 35.6 Å². The van der Waals surface area contributed by atoms with E-state index < -0.39 is 0 Å². The molecule has 108 valence electrons. The Kier molecular flexibility index (Phi) is 3.81. The van der Waals surface area contributed by atoms with Gasteiger partial charge >= 0.3 is 0 Å². The largest absolute Gasteiger partial charge is 0.459 e. The molecule has 0 bridgehead atoms. The minimum Gasteiger partial charge on any atom is -0.459 e. The van der Waals surface area contributed by atoms with Crippen LogP contribution in [0, 0.1) is 6.92 Å². The summed E-state index contributed by atoms with van der Waals surface area (Å²) in [6, 6.07) is 9.48. The van der Waals surface area contributed by atoms with Gasteiger partial charge in [-0.3, -0.25) is 0 Å². The third-order valence-electron chi connectivity index (χ3n) is 4.53. The second-order valence-electron chi connectivity index (χ2n) is 6.09. The number of rotatable bonds is 3. The van der Waals surface area contributed by atoms with E-state index in [1.807, 2.05) is 12.1 Å². The molecule has 1 aromatic heterocycles. The quantitative estimate of drug-likeness (QED) is 0.896. The van der Waals surface area contributed by atoms with E-state index in [9.17, 15) is 0 Å². The standard InChI is InChI=1S/C17H24N2O/c1-11-15-5-3-4-6-16(15)20-17(11)12(2)19-14-9-7-13(18)8-10-14/h3-6,12-14,19H,7-10,18H2,1-2H3. The number of benzene rings is 1. The summed E-state index contributed by atoms with van der Waals surface area (Å²) in [5.41, 5.74) is 8.21. The number of aryl methyl sites for hydroxylation is 1. The van der Waals surface area contributed by atoms with Gasteiger partial charge in [0.15, 0.2) is 0 Å². The Morgan fingerprint density at radius 3 is 2.60 bits per heavy atom. The zero-order valence-electron chi connectivity index (χ0n) is 12.4. The summed E-state index contributed by atoms with van der Waals surface area (Å²) in [7, 11) is 0. The van der Waals surface area contributed by atoms with Crippen LogP contribution in [0.1, 0.15) is 50.0 Å². The average molecular weight is 272 g/mol. The van der Waals surface area contributed by atoms with Gasteiger partial charge < -0.3 is 15.5 Å². The molecule has 3 nitrogen and oxygen atoms in total. The van der Waals surface area contributed by atoms with Gasteiger partial charge in [0, 0.05) is 17.5 Å². The SMILES string of the molecule is Cc1c(C(C)NC2CCC(N)CC2)oc2ccccc12. The molecule has 1 heterocycles. The number of nitrogens with one attached hydrogen (secondary N) is 1. The average Bonchev–Trinajstić information content (AvgIpc) is 2.79. The Labute approximate surface area is 120 Å². The highest BCUT2D eigenvalue weighted by atomic mass is 16.3. The highest BCUT2D eigenvalue weighted by Gasteiger charge is 2.23. The Morgan fingerprint density at radius 1 is 1.20 bits per heavy atom. The number of nitrogens with two attached hydrogens (primary N) is 1. The highest BCUT2D eigenvalue weighted by molar-refractivity contribution is 5.82. The normalized spacial score (nSPS) is 24.9. The van der Waals surface area contributed by atoms with Gasteiger partial charge in [-0.25, -0.2) is 0 Å². The molecule has 1 aromatic carbocycles. The van der Waals surface area contributed by atoms with Gasteiger partial charge in [-0.15, -0.1) is 0 Å². The van der Waals surface area contributed by atoms with E-state index in [1.165, 1.54) is 23.8 Å². The second kappa shape index (κ2) is 5.58. The van der Waals surface area contributed by atoms with E-state index in [2.05, 4.69) is 31.3 Å². The van der Waals surface area contributed by atoms with Crippen LogP contribution in [0.3, 0.4) is 0 Å². The fourth-order valence-electron chi connectivity index (χ4n) is 3.32. The van der Waals surface area contributed by atoms with Gasteiger partial charge in [0.1, 0.15) is 11.3 Å². The van der Waals surface area contributed by atoms with E-state index in [0.717, 1.165) is 24.2 Å². The molecule has 1 fully saturated rings. The molecular weight excluding hydrogens is 248 g/mol. The zero-order valence-corrected chi connectivity index (χ0v) is 12.4. The van der Waals surface area contributed by atoms with Crippen LogP contribution in [-0.4, -0.2) is 12.1 Å². The summed E-state index contributed by atoms with van der Waals surface area (Å²) < 4.78 is 6.04. The van der Waals surface area contributed by atoms with Crippen LogP contribution in [0.15, 0.2) is 28.7 Å². The number of hydrogen-bond donors (Lipinski definition) is 2. The molecule has 1 aliphatic rings. The zero-order chi connectivity index (χ0) is 14.1. The van der Waals surface area contributed by atoms with Gasteiger partial charge in [0.2, 0.25) is 0 Å². The van der Waals surface area contributed by atoms with Gasteiger partial charge in [0.05, 0.1) is 6.04 Å². The minimum atomic E-state index is 0.252. The fourth-order valence-corrected chi connectivity index (χ4v) is 3.32. The molecule has 1 atom stereocenters. The summed E-state index contributed by atoms with van der Waals surface area (Å²) in [5.74, 6) is 1.07. The molecule has 3 N–H and O–H groups in total. The molecule has 2 aromatic rings. The summed E-state index contributed by atoms with van der Waals surface area (Å²) in [6.45, 7) is 4.34. The lowest BCUT2D eigenvalue weighted by Gasteiger charge is -2.29. The van der Waals surface area contributed by atoms with Gasteiger partial charge in [0.25, 0.3) is 0 Å². The maximum absolute atomic E-state index is 6.04. The molecule has 0 amide bonds. The monoisotopic (exact) mass is 272 g/mol. The lowest BCUT2D eigenvalue weighted by Crippen LogP contribution is -2.38. The van der Waals surface area contributed by atoms with Gasteiger partial charge in [-0.05, 0) is 51.2 Å². The molecule has 0 radical (unpaired) electrons. The van der Waals surface area contributed by atoms with E-state index in [1.54, 1.807) is 0 Å². The Hall–Kier alpha value is -1.32. The molecule has 1 aliphatic carbocycles. The first kappa shape index (κ1) is 13.7. The maximum Gasteiger partial charge on any atom is 0.134 e. The van der Waals surface area contributed by atoms with Crippen molar-refractivity contribution < 1.29 is 4.42 Å². The molecule has 20 heavy (non-hydrogen) atoms. The third kappa shape index (κ3) is 2.60. The van der Waals surface area contributed by atoms with E-state index in [4.69, 9.17) is 10.2 Å². The first-order valence-corrected chi connectivity index (χ1v) is 7.65. The third-order valence-corrected chi connectivity index (χ3v) is 4.53. The van der Waals surface area contributed by atoms with Crippen molar-refractivity contribution in [1.82, 2.24) is 5.32 Å². The lowest BCUT2D eigenvalue weighted by molar-refractivity contribution is 0.307. The van der Waals surface area contributed by atoms with Crippen molar-refractivity contribution in [2.75, 3.05) is 0 Å². The van der Waals surface area contributed by atoms with Crippen LogP contribution in [0.4, 0.5) is 0 Å². The van der Waals surface area contributed by atoms with Crippen LogP contribution in [0.5, 0.6) is 0 Å². The van der Waals surface area contributed by atoms with Crippen LogP contribution in [-0.2, 0) is 0 Å². The van der Waals surface area contributed by atoms with Crippen LogP contribution in [0.25, 0.3) is 11.0 Å². The first-order valence-electron chi connectivity index (χ1n) is 7.65. The van der Waals surface area contributed by atoms with Gasteiger partial charge in [-0.1, -0.05) is 18.2 Å². The van der Waals surface area contributed by atoms with Crippen molar-refractivity contribution in [2.24, 2.45) is 5.73 Å². The Bertz CT molecular complexity index is 582. The van der Waals surface area contributed by atoms with Crippen LogP contribution >= 0.6 is 0 Å². The van der Waals surface area contributed by atoms with E-state index in [-0.39, 0.29) is 6.04 Å². The summed E-state index contributed by atoms with van der Waals surface area (Å²) >= 11 is 0. The molecule has 0 spiro atoms. The molecule has 3 rings (SSSR count). The highest BCUT2D eigenvalue weighted by Crippen LogP contribution is 2.30. The summed E-state index contributed by atoms with van der Waals surface area (Å²) in [6.07, 6.45) is 4.60. The van der Waals surface area contributed by atoms with E-state index >= 15 is 0 Å². The lowest BCUT2D eigenvalue weighted by atomic mass is 9.91. The molecule has 0 saturated heterocycles.